The first-order valence-electron chi connectivity index (χ1n) is 8.62. The summed E-state index contributed by atoms with van der Waals surface area (Å²) in [4.78, 5) is 18.9. The first-order valence-corrected chi connectivity index (χ1v) is 8.62. The maximum absolute atomic E-state index is 12.2. The van der Waals surface area contributed by atoms with Gasteiger partial charge in [0.1, 0.15) is 5.82 Å². The fraction of sp³-hybridized carbons (Fsp3) is 0.647. The Balaban J connectivity index is 1.54. The van der Waals surface area contributed by atoms with Gasteiger partial charge in [0.2, 0.25) is 0 Å². The van der Waals surface area contributed by atoms with E-state index in [0.717, 1.165) is 25.5 Å². The van der Waals surface area contributed by atoms with Gasteiger partial charge >= 0.3 is 0 Å². The van der Waals surface area contributed by atoms with Crippen molar-refractivity contribution in [2.75, 3.05) is 37.6 Å². The third-order valence-electron chi connectivity index (χ3n) is 4.77. The van der Waals surface area contributed by atoms with Crippen LogP contribution in [-0.4, -0.2) is 54.8 Å². The van der Waals surface area contributed by atoms with E-state index in [4.69, 9.17) is 0 Å². The van der Waals surface area contributed by atoms with Crippen molar-refractivity contribution in [3.63, 3.8) is 0 Å². The first kappa shape index (κ1) is 16.2. The van der Waals surface area contributed by atoms with Crippen LogP contribution in [0.1, 0.15) is 36.0 Å². The van der Waals surface area contributed by atoms with Crippen LogP contribution in [-0.2, 0) is 0 Å². The molecule has 0 bridgehead atoms. The van der Waals surface area contributed by atoms with Gasteiger partial charge in [-0.3, -0.25) is 4.79 Å². The second-order valence-electron chi connectivity index (χ2n) is 6.50. The van der Waals surface area contributed by atoms with Gasteiger partial charge in [-0.1, -0.05) is 12.8 Å². The van der Waals surface area contributed by atoms with Gasteiger partial charge in [0.05, 0.1) is 11.7 Å². The van der Waals surface area contributed by atoms with Crippen molar-refractivity contribution in [1.29, 1.82) is 0 Å². The summed E-state index contributed by atoms with van der Waals surface area (Å²) in [5, 5.41) is 15.7. The first-order chi connectivity index (χ1) is 11.2. The van der Waals surface area contributed by atoms with Gasteiger partial charge in [0.25, 0.3) is 5.91 Å². The molecule has 0 aromatic carbocycles. The molecule has 0 saturated carbocycles. The molecule has 2 atom stereocenters. The normalized spacial score (nSPS) is 25.2. The van der Waals surface area contributed by atoms with Crippen molar-refractivity contribution in [1.82, 2.24) is 15.6 Å². The SMILES string of the molecule is O=C(NCC1CNCC1O)c1ccc(N2CCCCCC2)nc1. The maximum Gasteiger partial charge on any atom is 0.252 e. The maximum atomic E-state index is 12.2. The summed E-state index contributed by atoms with van der Waals surface area (Å²) in [6.07, 6.45) is 6.28. The van der Waals surface area contributed by atoms with Crippen LogP contribution >= 0.6 is 0 Å². The number of hydrogen-bond acceptors (Lipinski definition) is 5. The van der Waals surface area contributed by atoms with Gasteiger partial charge in [-0.15, -0.1) is 0 Å². The van der Waals surface area contributed by atoms with Gasteiger partial charge in [0.15, 0.2) is 0 Å². The Morgan fingerprint density at radius 3 is 2.65 bits per heavy atom. The lowest BCUT2D eigenvalue weighted by molar-refractivity contribution is 0.0926. The smallest absolute Gasteiger partial charge is 0.252 e. The van der Waals surface area contributed by atoms with E-state index in [0.29, 0.717) is 18.7 Å². The quantitative estimate of drug-likeness (QED) is 0.764. The number of nitrogens with zero attached hydrogens (tertiary/aromatic N) is 2. The highest BCUT2D eigenvalue weighted by Crippen LogP contribution is 2.17. The number of carbonyl (C=O) groups excluding carboxylic acids is 1. The summed E-state index contributed by atoms with van der Waals surface area (Å²) in [6, 6.07) is 3.78. The number of β-amino-alcohol motifs (C(OH)–C–C–N with tert-alkyl or cyclic N) is 1. The van der Waals surface area contributed by atoms with Crippen LogP contribution in [0.2, 0.25) is 0 Å². The van der Waals surface area contributed by atoms with E-state index in [-0.39, 0.29) is 17.9 Å². The Labute approximate surface area is 137 Å². The zero-order chi connectivity index (χ0) is 16.1. The average Bonchev–Trinajstić information content (AvgIpc) is 2.82. The second kappa shape index (κ2) is 7.75. The molecular formula is C17H26N4O2. The number of hydrogen-bond donors (Lipinski definition) is 3. The molecule has 0 spiro atoms. The number of rotatable bonds is 4. The van der Waals surface area contributed by atoms with Crippen LogP contribution in [0.15, 0.2) is 18.3 Å². The molecule has 2 saturated heterocycles. The van der Waals surface area contributed by atoms with Gasteiger partial charge in [-0.05, 0) is 25.0 Å². The van der Waals surface area contributed by atoms with Crippen molar-refractivity contribution < 1.29 is 9.90 Å². The third kappa shape index (κ3) is 4.20. The second-order valence-corrected chi connectivity index (χ2v) is 6.50. The monoisotopic (exact) mass is 318 g/mol. The average molecular weight is 318 g/mol. The van der Waals surface area contributed by atoms with E-state index >= 15 is 0 Å². The highest BCUT2D eigenvalue weighted by Gasteiger charge is 2.25. The summed E-state index contributed by atoms with van der Waals surface area (Å²) >= 11 is 0. The Morgan fingerprint density at radius 2 is 2.04 bits per heavy atom. The van der Waals surface area contributed by atoms with Crippen LogP contribution in [0, 0.1) is 5.92 Å². The summed E-state index contributed by atoms with van der Waals surface area (Å²) in [5.74, 6) is 0.918. The summed E-state index contributed by atoms with van der Waals surface area (Å²) in [6.45, 7) is 3.93. The highest BCUT2D eigenvalue weighted by molar-refractivity contribution is 5.94. The molecule has 0 radical (unpaired) electrons. The fourth-order valence-corrected chi connectivity index (χ4v) is 3.26. The number of anilines is 1. The summed E-state index contributed by atoms with van der Waals surface area (Å²) in [7, 11) is 0. The zero-order valence-electron chi connectivity index (χ0n) is 13.5. The molecule has 2 aliphatic rings. The van der Waals surface area contributed by atoms with E-state index in [2.05, 4.69) is 20.5 Å². The Hall–Kier alpha value is -1.66. The molecule has 3 N–H and O–H groups in total. The Bertz CT molecular complexity index is 512. The molecule has 23 heavy (non-hydrogen) atoms. The van der Waals surface area contributed by atoms with Crippen molar-refractivity contribution in [2.24, 2.45) is 5.92 Å². The molecule has 2 unspecified atom stereocenters. The predicted molar refractivity (Wildman–Crippen MR) is 89.6 cm³/mol. The van der Waals surface area contributed by atoms with E-state index in [1.807, 2.05) is 12.1 Å². The zero-order valence-corrected chi connectivity index (χ0v) is 13.5. The lowest BCUT2D eigenvalue weighted by Gasteiger charge is -2.21. The minimum absolute atomic E-state index is 0.0864. The minimum atomic E-state index is -0.376. The van der Waals surface area contributed by atoms with Crippen molar-refractivity contribution in [2.45, 2.75) is 31.8 Å². The summed E-state index contributed by atoms with van der Waals surface area (Å²) in [5.41, 5.74) is 0.573. The Morgan fingerprint density at radius 1 is 1.26 bits per heavy atom. The topological polar surface area (TPSA) is 77.5 Å². The minimum Gasteiger partial charge on any atom is -0.391 e. The van der Waals surface area contributed by atoms with Crippen molar-refractivity contribution in [3.05, 3.63) is 23.9 Å². The number of amides is 1. The number of nitrogens with one attached hydrogen (secondary N) is 2. The Kier molecular flexibility index (Phi) is 5.46. The van der Waals surface area contributed by atoms with E-state index in [1.54, 1.807) is 6.20 Å². The molecule has 6 heteroatoms. The summed E-state index contributed by atoms with van der Waals surface area (Å²) < 4.78 is 0. The van der Waals surface area contributed by atoms with Crippen LogP contribution in [0.25, 0.3) is 0 Å². The fourth-order valence-electron chi connectivity index (χ4n) is 3.26. The number of carbonyl (C=O) groups is 1. The van der Waals surface area contributed by atoms with E-state index < -0.39 is 0 Å². The molecule has 2 fully saturated rings. The number of aliphatic hydroxyl groups is 1. The lowest BCUT2D eigenvalue weighted by Crippen LogP contribution is -2.34. The van der Waals surface area contributed by atoms with E-state index in [9.17, 15) is 9.90 Å². The molecule has 2 aliphatic heterocycles. The van der Waals surface area contributed by atoms with Crippen LogP contribution in [0.3, 0.4) is 0 Å². The molecule has 3 rings (SSSR count). The largest absolute Gasteiger partial charge is 0.391 e. The number of aromatic nitrogens is 1. The molecule has 126 valence electrons. The predicted octanol–water partition coefficient (Wildman–Crippen LogP) is 0.772. The van der Waals surface area contributed by atoms with Crippen molar-refractivity contribution in [3.8, 4) is 0 Å². The molecule has 0 aliphatic carbocycles. The van der Waals surface area contributed by atoms with Gasteiger partial charge < -0.3 is 20.6 Å². The molecule has 1 aromatic rings. The van der Waals surface area contributed by atoms with Crippen LogP contribution in [0.4, 0.5) is 5.82 Å². The third-order valence-corrected chi connectivity index (χ3v) is 4.77. The number of pyridine rings is 1. The molecule has 6 nitrogen and oxygen atoms in total. The standard InChI is InChI=1S/C17H26N4O2/c22-15-12-18-9-14(15)11-20-17(23)13-5-6-16(19-10-13)21-7-3-1-2-4-8-21/h5-6,10,14-15,18,22H,1-4,7-9,11-12H2,(H,20,23). The van der Waals surface area contributed by atoms with Gasteiger partial charge in [-0.2, -0.15) is 0 Å². The molecule has 3 heterocycles. The van der Waals surface area contributed by atoms with E-state index in [1.165, 1.54) is 25.7 Å². The molecule has 1 amide bonds. The van der Waals surface area contributed by atoms with Crippen LogP contribution in [0.5, 0.6) is 0 Å². The molecular weight excluding hydrogens is 292 g/mol. The van der Waals surface area contributed by atoms with Crippen molar-refractivity contribution >= 4 is 11.7 Å². The highest BCUT2D eigenvalue weighted by atomic mass is 16.3. The van der Waals surface area contributed by atoms with Gasteiger partial charge in [-0.25, -0.2) is 4.98 Å². The lowest BCUT2D eigenvalue weighted by atomic mass is 10.1. The van der Waals surface area contributed by atoms with Gasteiger partial charge in [0, 0.05) is 44.8 Å². The number of aliphatic hydroxyl groups excluding tert-OH is 1. The van der Waals surface area contributed by atoms with Crippen LogP contribution < -0.4 is 15.5 Å². The molecule has 1 aromatic heterocycles.